The summed E-state index contributed by atoms with van der Waals surface area (Å²) in [7, 11) is 1.70. The number of carbonyl (C=O) groups excluding carboxylic acids is 1. The van der Waals surface area contributed by atoms with Crippen molar-refractivity contribution in [2.45, 2.75) is 24.9 Å². The van der Waals surface area contributed by atoms with Crippen LogP contribution in [0, 0.1) is 0 Å². The first-order valence-electron chi connectivity index (χ1n) is 11.0. The number of fused-ring (bicyclic) bond motifs is 3. The van der Waals surface area contributed by atoms with Gasteiger partial charge in [-0.25, -0.2) is 4.98 Å². The monoisotopic (exact) mass is 451 g/mol. The van der Waals surface area contributed by atoms with Crippen LogP contribution >= 0.6 is 11.3 Å². The predicted octanol–water partition coefficient (Wildman–Crippen LogP) is 2.67. The summed E-state index contributed by atoms with van der Waals surface area (Å²) >= 11 is 1.62. The topological polar surface area (TPSA) is 79.8 Å². The SMILES string of the molecule is COc1ccccc1-c1csc2nc(N3CCNC(=O)C3)nc(N3C4CCC3COC4)c12. The summed E-state index contributed by atoms with van der Waals surface area (Å²) in [4.78, 5) is 27.4. The molecular weight excluding hydrogens is 426 g/mol. The molecule has 1 aromatic carbocycles. The quantitative estimate of drug-likeness (QED) is 0.653. The number of carbonyl (C=O) groups is 1. The Morgan fingerprint density at radius 2 is 1.97 bits per heavy atom. The smallest absolute Gasteiger partial charge is 0.239 e. The van der Waals surface area contributed by atoms with Gasteiger partial charge in [-0.2, -0.15) is 4.98 Å². The third-order valence-electron chi connectivity index (χ3n) is 6.61. The van der Waals surface area contributed by atoms with E-state index in [1.54, 1.807) is 18.4 Å². The standard InChI is InChI=1S/C23H25N5O3S/c1-30-18-5-3-2-4-16(18)17-13-32-22-20(17)21(28-14-6-7-15(28)12-31-11-14)25-23(26-22)27-9-8-24-19(29)10-27/h2-5,13-15H,6-12H2,1H3,(H,24,29). The lowest BCUT2D eigenvalue weighted by Crippen LogP contribution is -2.49. The lowest BCUT2D eigenvalue weighted by atomic mass is 10.0. The fourth-order valence-corrected chi connectivity index (χ4v) is 6.02. The zero-order chi connectivity index (χ0) is 21.7. The van der Waals surface area contributed by atoms with Gasteiger partial charge in [-0.3, -0.25) is 4.79 Å². The summed E-state index contributed by atoms with van der Waals surface area (Å²) in [6, 6.07) is 8.71. The molecule has 3 aromatic rings. The number of rotatable bonds is 4. The van der Waals surface area contributed by atoms with Gasteiger partial charge in [0, 0.05) is 29.6 Å². The van der Waals surface area contributed by atoms with Crippen molar-refractivity contribution >= 4 is 39.2 Å². The van der Waals surface area contributed by atoms with Crippen molar-refractivity contribution in [1.29, 1.82) is 0 Å². The Kier molecular flexibility index (Phi) is 4.87. The Labute approximate surface area is 190 Å². The van der Waals surface area contributed by atoms with E-state index in [0.29, 0.717) is 31.1 Å². The number of hydrogen-bond donors (Lipinski definition) is 1. The van der Waals surface area contributed by atoms with Crippen molar-refractivity contribution in [1.82, 2.24) is 15.3 Å². The molecule has 0 aliphatic carbocycles. The van der Waals surface area contributed by atoms with E-state index >= 15 is 0 Å². The Balaban J connectivity index is 1.55. The van der Waals surface area contributed by atoms with E-state index in [-0.39, 0.29) is 12.5 Å². The maximum Gasteiger partial charge on any atom is 0.239 e. The Hall–Kier alpha value is -2.91. The van der Waals surface area contributed by atoms with Gasteiger partial charge in [-0.1, -0.05) is 18.2 Å². The second kappa shape index (κ2) is 7.90. The number of aromatic nitrogens is 2. The Morgan fingerprint density at radius 1 is 1.16 bits per heavy atom. The van der Waals surface area contributed by atoms with Crippen LogP contribution in [0.3, 0.4) is 0 Å². The average molecular weight is 452 g/mol. The number of amides is 1. The van der Waals surface area contributed by atoms with E-state index in [9.17, 15) is 4.79 Å². The Bertz CT molecular complexity index is 1170. The fraction of sp³-hybridized carbons (Fsp3) is 0.435. The van der Waals surface area contributed by atoms with Crippen LogP contribution in [-0.4, -0.2) is 67.9 Å². The Morgan fingerprint density at radius 3 is 2.75 bits per heavy atom. The van der Waals surface area contributed by atoms with Crippen molar-refractivity contribution in [3.63, 3.8) is 0 Å². The normalized spacial score (nSPS) is 23.0. The molecule has 1 N–H and O–H groups in total. The minimum atomic E-state index is 0.00818. The molecule has 5 heterocycles. The van der Waals surface area contributed by atoms with E-state index in [4.69, 9.17) is 19.4 Å². The summed E-state index contributed by atoms with van der Waals surface area (Å²) in [6.45, 7) is 3.04. The summed E-state index contributed by atoms with van der Waals surface area (Å²) in [6.07, 6.45) is 2.21. The molecule has 6 rings (SSSR count). The predicted molar refractivity (Wildman–Crippen MR) is 125 cm³/mol. The van der Waals surface area contributed by atoms with Gasteiger partial charge in [0.25, 0.3) is 0 Å². The maximum atomic E-state index is 12.0. The highest BCUT2D eigenvalue weighted by Gasteiger charge is 2.40. The van der Waals surface area contributed by atoms with Crippen LogP contribution in [0.2, 0.25) is 0 Å². The minimum Gasteiger partial charge on any atom is -0.496 e. The van der Waals surface area contributed by atoms with Crippen LogP contribution in [0.1, 0.15) is 12.8 Å². The number of nitrogens with one attached hydrogen (secondary N) is 1. The second-order valence-electron chi connectivity index (χ2n) is 8.48. The lowest BCUT2D eigenvalue weighted by molar-refractivity contribution is -0.120. The van der Waals surface area contributed by atoms with E-state index in [1.807, 2.05) is 23.1 Å². The number of ether oxygens (including phenoxy) is 2. The number of anilines is 2. The molecule has 3 saturated heterocycles. The molecule has 0 radical (unpaired) electrons. The van der Waals surface area contributed by atoms with Crippen LogP contribution in [0.5, 0.6) is 5.75 Å². The van der Waals surface area contributed by atoms with E-state index in [0.717, 1.165) is 59.0 Å². The van der Waals surface area contributed by atoms with Crippen molar-refractivity contribution < 1.29 is 14.3 Å². The highest BCUT2D eigenvalue weighted by atomic mass is 32.1. The van der Waals surface area contributed by atoms with Crippen LogP contribution in [0.4, 0.5) is 11.8 Å². The summed E-state index contributed by atoms with van der Waals surface area (Å²) < 4.78 is 11.5. The highest BCUT2D eigenvalue weighted by molar-refractivity contribution is 7.17. The summed E-state index contributed by atoms with van der Waals surface area (Å²) in [5.41, 5.74) is 2.13. The fourth-order valence-electron chi connectivity index (χ4n) is 5.09. The van der Waals surface area contributed by atoms with E-state index in [2.05, 4.69) is 21.7 Å². The van der Waals surface area contributed by atoms with Crippen molar-refractivity contribution in [3.05, 3.63) is 29.6 Å². The molecule has 3 fully saturated rings. The summed E-state index contributed by atoms with van der Waals surface area (Å²) in [5.74, 6) is 2.42. The zero-order valence-electron chi connectivity index (χ0n) is 17.9. The van der Waals surface area contributed by atoms with Crippen LogP contribution in [-0.2, 0) is 9.53 Å². The van der Waals surface area contributed by atoms with Gasteiger partial charge in [0.1, 0.15) is 16.4 Å². The number of nitrogens with zero attached hydrogens (tertiary/aromatic N) is 4. The lowest BCUT2D eigenvalue weighted by Gasteiger charge is -2.37. The molecule has 3 aliphatic rings. The van der Waals surface area contributed by atoms with Crippen LogP contribution in [0.25, 0.3) is 21.3 Å². The molecule has 2 atom stereocenters. The summed E-state index contributed by atoms with van der Waals surface area (Å²) in [5, 5.41) is 6.09. The molecule has 32 heavy (non-hydrogen) atoms. The zero-order valence-corrected chi connectivity index (χ0v) is 18.7. The third-order valence-corrected chi connectivity index (χ3v) is 7.48. The van der Waals surface area contributed by atoms with E-state index in [1.165, 1.54) is 0 Å². The molecule has 8 nitrogen and oxygen atoms in total. The molecule has 166 valence electrons. The molecule has 9 heteroatoms. The van der Waals surface area contributed by atoms with Crippen LogP contribution in [0.15, 0.2) is 29.6 Å². The largest absolute Gasteiger partial charge is 0.496 e. The average Bonchev–Trinajstić information content (AvgIpc) is 3.36. The first kappa shape index (κ1) is 19.8. The first-order chi connectivity index (χ1) is 15.7. The number of morpholine rings is 1. The van der Waals surface area contributed by atoms with Crippen molar-refractivity contribution in [3.8, 4) is 16.9 Å². The maximum absolute atomic E-state index is 12.0. The highest BCUT2D eigenvalue weighted by Crippen LogP contribution is 2.45. The number of benzene rings is 1. The number of piperazine rings is 1. The number of hydrogen-bond acceptors (Lipinski definition) is 8. The van der Waals surface area contributed by atoms with Gasteiger partial charge in [-0.05, 0) is 18.9 Å². The number of thiophene rings is 1. The molecule has 0 spiro atoms. The third kappa shape index (κ3) is 3.18. The molecular formula is C23H25N5O3S. The molecule has 2 bridgehead atoms. The minimum absolute atomic E-state index is 0.00818. The van der Waals surface area contributed by atoms with Gasteiger partial charge < -0.3 is 24.6 Å². The van der Waals surface area contributed by atoms with E-state index < -0.39 is 0 Å². The molecule has 2 unspecified atom stereocenters. The number of para-hydroxylation sites is 1. The van der Waals surface area contributed by atoms with Crippen molar-refractivity contribution in [2.24, 2.45) is 0 Å². The van der Waals surface area contributed by atoms with Gasteiger partial charge in [0.15, 0.2) is 0 Å². The molecule has 3 aliphatic heterocycles. The van der Waals surface area contributed by atoms with Gasteiger partial charge in [0.05, 0.1) is 44.3 Å². The number of methoxy groups -OCH3 is 1. The molecule has 2 aromatic heterocycles. The van der Waals surface area contributed by atoms with Crippen LogP contribution < -0.4 is 19.9 Å². The van der Waals surface area contributed by atoms with Gasteiger partial charge in [-0.15, -0.1) is 11.3 Å². The van der Waals surface area contributed by atoms with Gasteiger partial charge >= 0.3 is 0 Å². The second-order valence-corrected chi connectivity index (χ2v) is 9.34. The first-order valence-corrected chi connectivity index (χ1v) is 11.9. The molecule has 0 saturated carbocycles. The molecule has 1 amide bonds. The van der Waals surface area contributed by atoms with Crippen molar-refractivity contribution in [2.75, 3.05) is 49.8 Å². The van der Waals surface area contributed by atoms with Gasteiger partial charge in [0.2, 0.25) is 11.9 Å².